The molecule has 0 spiro atoms. The second kappa shape index (κ2) is 8.08. The average Bonchev–Trinajstić information content (AvgIpc) is 3.04. The molecule has 0 fully saturated rings. The van der Waals surface area contributed by atoms with Crippen molar-refractivity contribution in [2.75, 3.05) is 12.4 Å². The topological polar surface area (TPSA) is 84.5 Å². The summed E-state index contributed by atoms with van der Waals surface area (Å²) in [6.45, 7) is 1.84. The Morgan fingerprint density at radius 3 is 2.56 bits per heavy atom. The Balaban J connectivity index is 1.69. The summed E-state index contributed by atoms with van der Waals surface area (Å²) in [5.74, 6) is 0. The number of amides is 1. The normalized spacial score (nSPS) is 12.7. The molecule has 0 aliphatic rings. The van der Waals surface area contributed by atoms with Crippen LogP contribution in [0.3, 0.4) is 0 Å². The molecule has 0 aliphatic heterocycles. The average molecular weight is 405 g/mol. The molecule has 0 saturated heterocycles. The van der Waals surface area contributed by atoms with Crippen molar-refractivity contribution in [2.45, 2.75) is 24.3 Å². The lowest BCUT2D eigenvalue weighted by Gasteiger charge is -2.14. The standard InChI is InChI=1S/C19H20N2O4S2/c1-13(11-14-12-26-18-6-4-3-5-17(14)18)21-27(23,24)16-9-7-15(8-10-16)20-19(22)25-2/h3-10,12-13,21H,11H2,1-2H3,(H,20,22)/t13-/m0/s1. The summed E-state index contributed by atoms with van der Waals surface area (Å²) < 4.78 is 33.6. The summed E-state index contributed by atoms with van der Waals surface area (Å²) in [6, 6.07) is 13.7. The fraction of sp³-hybridized carbons (Fsp3) is 0.211. The lowest BCUT2D eigenvalue weighted by Crippen LogP contribution is -2.34. The summed E-state index contributed by atoms with van der Waals surface area (Å²) >= 11 is 1.66. The number of ether oxygens (including phenoxy) is 1. The van der Waals surface area contributed by atoms with Crippen molar-refractivity contribution < 1.29 is 17.9 Å². The zero-order valence-electron chi connectivity index (χ0n) is 14.9. The Bertz CT molecular complexity index is 1040. The van der Waals surface area contributed by atoms with Gasteiger partial charge in [0.25, 0.3) is 0 Å². The molecular weight excluding hydrogens is 384 g/mol. The van der Waals surface area contributed by atoms with Crippen molar-refractivity contribution in [2.24, 2.45) is 0 Å². The van der Waals surface area contributed by atoms with Gasteiger partial charge in [-0.15, -0.1) is 11.3 Å². The Morgan fingerprint density at radius 1 is 1.15 bits per heavy atom. The molecular formula is C19H20N2O4S2. The Hall–Kier alpha value is -2.42. The maximum absolute atomic E-state index is 12.6. The third kappa shape index (κ3) is 4.65. The molecule has 0 aliphatic carbocycles. The van der Waals surface area contributed by atoms with Crippen molar-refractivity contribution in [3.8, 4) is 0 Å². The molecule has 3 rings (SSSR count). The monoisotopic (exact) mass is 404 g/mol. The number of rotatable bonds is 6. The first-order chi connectivity index (χ1) is 12.9. The molecule has 2 aromatic carbocycles. The van der Waals surface area contributed by atoms with Crippen LogP contribution in [-0.4, -0.2) is 27.7 Å². The molecule has 0 saturated carbocycles. The van der Waals surface area contributed by atoms with Gasteiger partial charge in [0.05, 0.1) is 12.0 Å². The van der Waals surface area contributed by atoms with Gasteiger partial charge in [0, 0.05) is 16.4 Å². The van der Waals surface area contributed by atoms with Gasteiger partial charge in [-0.25, -0.2) is 17.9 Å². The van der Waals surface area contributed by atoms with Crippen molar-refractivity contribution in [3.05, 3.63) is 59.5 Å². The smallest absolute Gasteiger partial charge is 0.411 e. The number of sulfonamides is 1. The van der Waals surface area contributed by atoms with Crippen LogP contribution in [0.5, 0.6) is 0 Å². The maximum atomic E-state index is 12.6. The highest BCUT2D eigenvalue weighted by Gasteiger charge is 2.18. The Morgan fingerprint density at radius 2 is 1.85 bits per heavy atom. The lowest BCUT2D eigenvalue weighted by molar-refractivity contribution is 0.187. The number of anilines is 1. The van der Waals surface area contributed by atoms with Gasteiger partial charge in [0.1, 0.15) is 0 Å². The maximum Gasteiger partial charge on any atom is 0.411 e. The van der Waals surface area contributed by atoms with E-state index in [2.05, 4.69) is 32.3 Å². The van der Waals surface area contributed by atoms with Gasteiger partial charge in [0.2, 0.25) is 10.0 Å². The predicted molar refractivity (Wildman–Crippen MR) is 108 cm³/mol. The molecule has 1 atom stereocenters. The van der Waals surface area contributed by atoms with E-state index in [0.29, 0.717) is 12.1 Å². The van der Waals surface area contributed by atoms with Gasteiger partial charge < -0.3 is 4.74 Å². The molecule has 0 unspecified atom stereocenters. The molecule has 8 heteroatoms. The molecule has 0 bridgehead atoms. The number of carbonyl (C=O) groups is 1. The molecule has 27 heavy (non-hydrogen) atoms. The molecule has 2 N–H and O–H groups in total. The number of benzene rings is 2. The Labute approximate surface area is 162 Å². The third-order valence-electron chi connectivity index (χ3n) is 4.04. The highest BCUT2D eigenvalue weighted by atomic mass is 32.2. The second-order valence-corrected chi connectivity index (χ2v) is 8.75. The van der Waals surface area contributed by atoms with Gasteiger partial charge in [-0.2, -0.15) is 0 Å². The van der Waals surface area contributed by atoms with Crippen molar-refractivity contribution in [1.29, 1.82) is 0 Å². The molecule has 0 radical (unpaired) electrons. The van der Waals surface area contributed by atoms with E-state index in [1.54, 1.807) is 11.3 Å². The zero-order chi connectivity index (χ0) is 19.4. The first-order valence-electron chi connectivity index (χ1n) is 8.31. The van der Waals surface area contributed by atoms with Crippen LogP contribution in [0.4, 0.5) is 10.5 Å². The first kappa shape index (κ1) is 19.3. The van der Waals surface area contributed by atoms with E-state index in [9.17, 15) is 13.2 Å². The quantitative estimate of drug-likeness (QED) is 0.651. The number of hydrogen-bond donors (Lipinski definition) is 2. The fourth-order valence-corrected chi connectivity index (χ4v) is 5.00. The van der Waals surface area contributed by atoms with Crippen molar-refractivity contribution in [1.82, 2.24) is 4.72 Å². The van der Waals surface area contributed by atoms with Gasteiger partial charge in [-0.3, -0.25) is 5.32 Å². The van der Waals surface area contributed by atoms with E-state index in [0.717, 1.165) is 10.9 Å². The lowest BCUT2D eigenvalue weighted by atomic mass is 10.1. The minimum absolute atomic E-state index is 0.139. The van der Waals surface area contributed by atoms with Crippen LogP contribution >= 0.6 is 11.3 Å². The minimum atomic E-state index is -3.66. The van der Waals surface area contributed by atoms with Crippen LogP contribution in [0.1, 0.15) is 12.5 Å². The van der Waals surface area contributed by atoms with Crippen LogP contribution in [0, 0.1) is 0 Å². The number of fused-ring (bicyclic) bond motifs is 1. The summed E-state index contributed by atoms with van der Waals surface area (Å²) in [6.07, 6.45) is -0.00839. The summed E-state index contributed by atoms with van der Waals surface area (Å²) in [4.78, 5) is 11.3. The van der Waals surface area contributed by atoms with Crippen LogP contribution in [0.25, 0.3) is 10.1 Å². The molecule has 6 nitrogen and oxygen atoms in total. The second-order valence-electron chi connectivity index (χ2n) is 6.12. The fourth-order valence-electron chi connectivity index (χ4n) is 2.78. The molecule has 142 valence electrons. The van der Waals surface area contributed by atoms with Crippen LogP contribution < -0.4 is 10.0 Å². The van der Waals surface area contributed by atoms with Gasteiger partial charge in [-0.1, -0.05) is 18.2 Å². The third-order valence-corrected chi connectivity index (χ3v) is 6.66. The number of methoxy groups -OCH3 is 1. The highest BCUT2D eigenvalue weighted by molar-refractivity contribution is 7.89. The summed E-state index contributed by atoms with van der Waals surface area (Å²) in [5.41, 5.74) is 1.59. The van der Waals surface area contributed by atoms with Gasteiger partial charge in [0.15, 0.2) is 0 Å². The zero-order valence-corrected chi connectivity index (χ0v) is 16.6. The molecule has 1 amide bonds. The number of thiophene rings is 1. The van der Waals surface area contributed by atoms with E-state index in [1.807, 2.05) is 19.1 Å². The van der Waals surface area contributed by atoms with Crippen LogP contribution in [0.15, 0.2) is 58.8 Å². The predicted octanol–water partition coefficient (Wildman–Crippen LogP) is 3.99. The Kier molecular flexibility index (Phi) is 5.79. The van der Waals surface area contributed by atoms with E-state index < -0.39 is 16.1 Å². The van der Waals surface area contributed by atoms with Gasteiger partial charge in [-0.05, 0) is 60.0 Å². The van der Waals surface area contributed by atoms with E-state index in [1.165, 1.54) is 36.1 Å². The van der Waals surface area contributed by atoms with Crippen molar-refractivity contribution >= 4 is 43.2 Å². The minimum Gasteiger partial charge on any atom is -0.453 e. The largest absolute Gasteiger partial charge is 0.453 e. The number of nitrogens with one attached hydrogen (secondary N) is 2. The highest BCUT2D eigenvalue weighted by Crippen LogP contribution is 2.26. The van der Waals surface area contributed by atoms with Crippen molar-refractivity contribution in [3.63, 3.8) is 0 Å². The SMILES string of the molecule is COC(=O)Nc1ccc(S(=O)(=O)N[C@@H](C)Cc2csc3ccccc23)cc1. The van der Waals surface area contributed by atoms with E-state index in [-0.39, 0.29) is 10.9 Å². The summed E-state index contributed by atoms with van der Waals surface area (Å²) in [7, 11) is -2.40. The van der Waals surface area contributed by atoms with Gasteiger partial charge >= 0.3 is 6.09 Å². The van der Waals surface area contributed by atoms with E-state index >= 15 is 0 Å². The van der Waals surface area contributed by atoms with Crippen LogP contribution in [0.2, 0.25) is 0 Å². The van der Waals surface area contributed by atoms with E-state index in [4.69, 9.17) is 0 Å². The number of hydrogen-bond acceptors (Lipinski definition) is 5. The molecule has 1 heterocycles. The first-order valence-corrected chi connectivity index (χ1v) is 10.7. The molecule has 3 aromatic rings. The molecule has 1 aromatic heterocycles. The number of carbonyl (C=O) groups excluding carboxylic acids is 1. The summed E-state index contributed by atoms with van der Waals surface area (Å²) in [5, 5.41) is 5.71. The van der Waals surface area contributed by atoms with Crippen LogP contribution in [-0.2, 0) is 21.2 Å².